The first-order valence-corrected chi connectivity index (χ1v) is 24.9. The van der Waals surface area contributed by atoms with Gasteiger partial charge in [-0.15, -0.1) is 0 Å². The largest absolute Gasteiger partial charge is 0.481 e. The first-order chi connectivity index (χ1) is 32.7. The molecule has 4 aliphatic rings. The van der Waals surface area contributed by atoms with Crippen molar-refractivity contribution in [1.82, 2.24) is 45.5 Å². The smallest absolute Gasteiger partial charge is 0.304 e. The second kappa shape index (κ2) is 25.5. The third-order valence-electron chi connectivity index (χ3n) is 14.6. The number of aliphatic carboxylic acids is 1. The number of amides is 3. The Balaban J connectivity index is 0.000000199. The van der Waals surface area contributed by atoms with Gasteiger partial charge in [-0.05, 0) is 97.6 Å². The van der Waals surface area contributed by atoms with Gasteiger partial charge in [0.2, 0.25) is 17.7 Å². The van der Waals surface area contributed by atoms with Gasteiger partial charge >= 0.3 is 5.97 Å². The molecule has 6 heterocycles. The van der Waals surface area contributed by atoms with E-state index >= 15 is 0 Å². The fourth-order valence-corrected chi connectivity index (χ4v) is 10.7. The van der Waals surface area contributed by atoms with Gasteiger partial charge in [-0.25, -0.2) is 5.48 Å². The predicted octanol–water partition coefficient (Wildman–Crippen LogP) is 9.01. The lowest BCUT2D eigenvalue weighted by molar-refractivity contribution is -0.137. The minimum atomic E-state index is -0.887. The number of carboxylic acid groups (broad SMARTS) is 1. The number of likely N-dealkylation sites (tertiary alicyclic amines) is 2. The predicted molar refractivity (Wildman–Crippen MR) is 246 cm³/mol. The molecule has 17 heteroatoms. The maximum absolute atomic E-state index is 13.0. The van der Waals surface area contributed by atoms with Crippen LogP contribution in [0.15, 0.2) is 58.1 Å². The van der Waals surface area contributed by atoms with E-state index in [4.69, 9.17) is 14.3 Å². The van der Waals surface area contributed by atoms with Crippen LogP contribution in [0.25, 0.3) is 0 Å². The van der Waals surface area contributed by atoms with Crippen LogP contribution in [0.2, 0.25) is 0 Å². The average molecular weight is 924 g/mol. The van der Waals surface area contributed by atoms with Gasteiger partial charge in [0, 0.05) is 69.2 Å². The molecule has 0 radical (unpaired) electrons. The summed E-state index contributed by atoms with van der Waals surface area (Å²) in [6.07, 6.45) is 29.2. The van der Waals surface area contributed by atoms with Gasteiger partial charge in [0.1, 0.15) is 0 Å². The lowest BCUT2D eigenvalue weighted by Crippen LogP contribution is -2.38. The summed E-state index contributed by atoms with van der Waals surface area (Å²) in [5.74, 6) is 0.446. The van der Waals surface area contributed by atoms with E-state index in [9.17, 15) is 24.3 Å². The molecule has 67 heavy (non-hydrogen) atoms. The maximum atomic E-state index is 13.0. The second-order valence-electron chi connectivity index (χ2n) is 19.2. The highest BCUT2D eigenvalue weighted by atomic mass is 16.5. The number of nitrogens with zero attached hydrogens (tertiary/aromatic N) is 8. The molecule has 2 saturated carbocycles. The van der Waals surface area contributed by atoms with Crippen LogP contribution in [0.3, 0.4) is 0 Å². The topological polar surface area (TPSA) is 231 Å². The number of nitrogens with one attached hydrogen (secondary N) is 1. The molecule has 4 aromatic rings. The van der Waals surface area contributed by atoms with Gasteiger partial charge < -0.3 is 24.0 Å². The van der Waals surface area contributed by atoms with Crippen molar-refractivity contribution in [3.05, 3.63) is 83.6 Å². The van der Waals surface area contributed by atoms with E-state index in [0.717, 1.165) is 63.2 Å². The van der Waals surface area contributed by atoms with Gasteiger partial charge in [-0.2, -0.15) is 9.97 Å². The minimum absolute atomic E-state index is 0.0371. The summed E-state index contributed by atoms with van der Waals surface area (Å²) in [5.41, 5.74) is 4.20. The van der Waals surface area contributed by atoms with Gasteiger partial charge in [-0.3, -0.25) is 34.4 Å². The molecule has 4 aromatic heterocycles. The molecule has 0 aromatic carbocycles. The summed E-state index contributed by atoms with van der Waals surface area (Å²) in [5, 5.41) is 26.2. The van der Waals surface area contributed by atoms with E-state index in [0.29, 0.717) is 56.7 Å². The number of pyridine rings is 2. The molecule has 362 valence electrons. The Bertz CT molecular complexity index is 2120. The third-order valence-corrected chi connectivity index (χ3v) is 14.6. The number of hydrogen-bond acceptors (Lipinski definition) is 13. The Labute approximate surface area is 393 Å². The molecule has 8 rings (SSSR count). The molecule has 3 amide bonds. The van der Waals surface area contributed by atoms with E-state index in [-0.39, 0.29) is 54.0 Å². The molecule has 0 spiro atoms. The van der Waals surface area contributed by atoms with Crippen molar-refractivity contribution < 1.29 is 38.5 Å². The highest BCUT2D eigenvalue weighted by Gasteiger charge is 2.32. The Morgan fingerprint density at radius 3 is 1.39 bits per heavy atom. The third kappa shape index (κ3) is 14.7. The van der Waals surface area contributed by atoms with Crippen LogP contribution >= 0.6 is 0 Å². The number of aromatic nitrogens is 6. The van der Waals surface area contributed by atoms with Crippen LogP contribution in [-0.2, 0) is 9.59 Å². The quantitative estimate of drug-likeness (QED) is 0.0625. The van der Waals surface area contributed by atoms with Crippen molar-refractivity contribution in [1.29, 1.82) is 0 Å². The summed E-state index contributed by atoms with van der Waals surface area (Å²) in [7, 11) is 0. The molecule has 2 aliphatic carbocycles. The summed E-state index contributed by atoms with van der Waals surface area (Å²) < 4.78 is 10.8. The zero-order valence-electron chi connectivity index (χ0n) is 38.9. The molecule has 0 bridgehead atoms. The minimum Gasteiger partial charge on any atom is -0.481 e. The summed E-state index contributed by atoms with van der Waals surface area (Å²) in [4.78, 5) is 69.6. The molecule has 2 aliphatic heterocycles. The van der Waals surface area contributed by atoms with Crippen molar-refractivity contribution >= 4 is 23.7 Å². The Morgan fingerprint density at radius 1 is 0.597 bits per heavy atom. The molecule has 2 atom stereocenters. The molecule has 2 saturated heterocycles. The van der Waals surface area contributed by atoms with E-state index in [2.05, 4.69) is 30.2 Å². The van der Waals surface area contributed by atoms with E-state index in [1.165, 1.54) is 75.3 Å². The zero-order valence-corrected chi connectivity index (χ0v) is 38.9. The van der Waals surface area contributed by atoms with Crippen LogP contribution < -0.4 is 5.48 Å². The van der Waals surface area contributed by atoms with Crippen molar-refractivity contribution in [3.8, 4) is 0 Å². The molecule has 0 unspecified atom stereocenters. The van der Waals surface area contributed by atoms with Crippen molar-refractivity contribution in [2.45, 2.75) is 165 Å². The number of carboxylic acids is 1. The van der Waals surface area contributed by atoms with Crippen molar-refractivity contribution in [2.75, 3.05) is 26.2 Å². The van der Waals surface area contributed by atoms with E-state index in [1.807, 2.05) is 24.3 Å². The lowest BCUT2D eigenvalue weighted by Gasteiger charge is -2.31. The number of carbonyl (C=O) groups excluding carboxylic acids is 3. The summed E-state index contributed by atoms with van der Waals surface area (Å²) >= 11 is 0. The lowest BCUT2D eigenvalue weighted by atomic mass is 9.84. The Morgan fingerprint density at radius 2 is 1.00 bits per heavy atom. The molecule has 3 N–H and O–H groups in total. The fourth-order valence-electron chi connectivity index (χ4n) is 10.7. The van der Waals surface area contributed by atoms with Crippen LogP contribution in [-0.4, -0.2) is 100 Å². The molecule has 17 nitrogen and oxygen atoms in total. The van der Waals surface area contributed by atoms with E-state index < -0.39 is 11.9 Å². The molecular formula is C50H69N9O8. The maximum Gasteiger partial charge on any atom is 0.304 e. The van der Waals surface area contributed by atoms with Crippen LogP contribution in [0, 0.1) is 11.8 Å². The van der Waals surface area contributed by atoms with Crippen LogP contribution in [0.1, 0.15) is 209 Å². The monoisotopic (exact) mass is 924 g/mol. The van der Waals surface area contributed by atoms with Gasteiger partial charge in [0.15, 0.2) is 0 Å². The fraction of sp³-hybridized carbons (Fsp3) is 0.640. The number of carbonyl (C=O) groups is 4. The van der Waals surface area contributed by atoms with Crippen molar-refractivity contribution in [3.63, 3.8) is 0 Å². The van der Waals surface area contributed by atoms with Crippen molar-refractivity contribution in [2.24, 2.45) is 11.8 Å². The van der Waals surface area contributed by atoms with Crippen LogP contribution in [0.5, 0.6) is 0 Å². The number of hydrogen-bond donors (Lipinski definition) is 3. The highest BCUT2D eigenvalue weighted by Crippen LogP contribution is 2.34. The first-order valence-electron chi connectivity index (χ1n) is 24.9. The van der Waals surface area contributed by atoms with Crippen LogP contribution in [0.4, 0.5) is 0 Å². The van der Waals surface area contributed by atoms with Gasteiger partial charge in [0.25, 0.3) is 23.5 Å². The number of hydroxylamine groups is 1. The van der Waals surface area contributed by atoms with Gasteiger partial charge in [0.05, 0.1) is 6.42 Å². The highest BCUT2D eigenvalue weighted by molar-refractivity contribution is 5.91. The first kappa shape index (κ1) is 49.3. The summed E-state index contributed by atoms with van der Waals surface area (Å²) in [6, 6.07) is 8.13. The normalized spacial score (nSPS) is 18.7. The molecule has 4 fully saturated rings. The summed E-state index contributed by atoms with van der Waals surface area (Å²) in [6.45, 7) is 2.53. The van der Waals surface area contributed by atoms with Gasteiger partial charge in [-0.1, -0.05) is 100 Å². The average Bonchev–Trinajstić information content (AvgIpc) is 4.09. The Hall–Kier alpha value is -5.58. The SMILES string of the molecule is O=C(C[C@@H](CCCC1CCCCC1)c1nc(C(=O)N2CCC(c3ccncc3)CC2)no1)NO.O=C(O)C[C@@H](CCCC1CCCCC1)c1nc(C(=O)N2CCC(c3ccncc3)CC2)no1. The number of piperidine rings is 2. The van der Waals surface area contributed by atoms with E-state index in [1.54, 1.807) is 40.1 Å². The number of rotatable bonds is 18. The molecular weight excluding hydrogens is 855 g/mol. The Kier molecular flexibility index (Phi) is 18.8. The zero-order chi connectivity index (χ0) is 46.8. The second-order valence-corrected chi connectivity index (χ2v) is 19.2. The standard InChI is InChI=1S/C25H35N5O4.C25H34N4O4/c31-22(28-33)17-21(8-4-7-18-5-2-1-3-6-18)24-27-23(29-34-24)25(32)30-15-11-20(12-16-30)19-9-13-26-14-10-19;30-22(31)17-21(8-4-7-18-5-2-1-3-6-18)24-27-23(28-33-24)25(32)29-15-11-20(12-16-29)19-9-13-26-14-10-19/h9-10,13-14,18,20-21,33H,1-8,11-12,15-17H2,(H,28,31);9-10,13-14,18,20-21H,1-8,11-12,15-17H2,(H,30,31)/t2*21-/m11/s1.